The summed E-state index contributed by atoms with van der Waals surface area (Å²) in [5.41, 5.74) is 0. The van der Waals surface area contributed by atoms with Gasteiger partial charge in [-0.2, -0.15) is 0 Å². The summed E-state index contributed by atoms with van der Waals surface area (Å²) in [5.74, 6) is 0. The summed E-state index contributed by atoms with van der Waals surface area (Å²) in [4.78, 5) is 8.36. The molecule has 0 saturated heterocycles. The van der Waals surface area contributed by atoms with Crippen molar-refractivity contribution in [2.45, 2.75) is 0 Å². The van der Waals surface area contributed by atoms with Crippen LogP contribution in [0.15, 0.2) is 0 Å². The molecule has 0 aromatic carbocycles. The van der Waals surface area contributed by atoms with E-state index in [0.29, 0.717) is 0 Å². The minimum atomic E-state index is -1.50. The third-order valence-corrected chi connectivity index (χ3v) is 0. The van der Waals surface area contributed by atoms with Crippen LogP contribution in [0, 0.1) is 10.1 Å². The molecule has 0 aromatic rings. The van der Waals surface area contributed by atoms with Crippen LogP contribution >= 0.6 is 0 Å². The molecule has 0 spiro atoms. The minimum Gasteiger partial charge on any atom is -0.328 e. The Hall–Kier alpha value is 0.0182. The SMILES string of the molecule is O=[N+]([O-])O.[Sb]. The van der Waals surface area contributed by atoms with Crippen molar-refractivity contribution < 1.29 is 10.3 Å². The van der Waals surface area contributed by atoms with E-state index in [-0.39, 0.29) is 24.4 Å². The van der Waals surface area contributed by atoms with Crippen LogP contribution in [0.3, 0.4) is 0 Å². The third-order valence-electron chi connectivity index (χ3n) is 0. The summed E-state index contributed by atoms with van der Waals surface area (Å²) in [7, 11) is 0. The van der Waals surface area contributed by atoms with Gasteiger partial charge in [0, 0.05) is 24.4 Å². The van der Waals surface area contributed by atoms with E-state index in [2.05, 4.69) is 0 Å². The van der Waals surface area contributed by atoms with Crippen molar-refractivity contribution in [1.82, 2.24) is 0 Å². The van der Waals surface area contributed by atoms with Gasteiger partial charge in [0.1, 0.15) is 0 Å². The molecule has 0 amide bonds. The number of rotatable bonds is 0. The van der Waals surface area contributed by atoms with Gasteiger partial charge in [0.15, 0.2) is 0 Å². The van der Waals surface area contributed by atoms with Crippen molar-refractivity contribution in [2.24, 2.45) is 0 Å². The van der Waals surface area contributed by atoms with E-state index in [0.717, 1.165) is 0 Å². The van der Waals surface area contributed by atoms with Gasteiger partial charge in [0.25, 0.3) is 5.09 Å². The van der Waals surface area contributed by atoms with Crippen molar-refractivity contribution in [3.63, 3.8) is 0 Å². The van der Waals surface area contributed by atoms with Gasteiger partial charge in [-0.25, -0.2) is 0 Å². The van der Waals surface area contributed by atoms with Gasteiger partial charge in [-0.1, -0.05) is 0 Å². The summed E-state index contributed by atoms with van der Waals surface area (Å²) in [5, 5.41) is 13.6. The molecule has 5 heavy (non-hydrogen) atoms. The maximum atomic E-state index is 8.36. The zero-order valence-electron chi connectivity index (χ0n) is 2.16. The van der Waals surface area contributed by atoms with Crippen molar-refractivity contribution in [1.29, 1.82) is 0 Å². The molecule has 0 saturated carbocycles. The van der Waals surface area contributed by atoms with Gasteiger partial charge in [0.2, 0.25) is 0 Å². The Morgan fingerprint density at radius 1 is 1.80 bits per heavy atom. The molecule has 4 nitrogen and oxygen atoms in total. The van der Waals surface area contributed by atoms with Crippen molar-refractivity contribution in [3.8, 4) is 0 Å². The fourth-order valence-electron chi connectivity index (χ4n) is 0. The summed E-state index contributed by atoms with van der Waals surface area (Å²) >= 11 is 0. The van der Waals surface area contributed by atoms with Gasteiger partial charge in [-0.3, -0.25) is 0 Å². The summed E-state index contributed by atoms with van der Waals surface area (Å²) in [6.45, 7) is 0. The van der Waals surface area contributed by atoms with Crippen molar-refractivity contribution >= 4 is 24.4 Å². The van der Waals surface area contributed by atoms with Gasteiger partial charge < -0.3 is 5.21 Å². The largest absolute Gasteiger partial charge is 0.328 e. The average molecular weight is 185 g/mol. The van der Waals surface area contributed by atoms with Crippen molar-refractivity contribution in [2.75, 3.05) is 0 Å². The number of hydrogen-bond acceptors (Lipinski definition) is 2. The van der Waals surface area contributed by atoms with Crippen LogP contribution in [0.4, 0.5) is 0 Å². The molecule has 0 aliphatic rings. The zero-order valence-corrected chi connectivity index (χ0v) is 4.71. The number of hydrogen-bond donors (Lipinski definition) is 1. The zero-order chi connectivity index (χ0) is 3.58. The molecule has 0 rings (SSSR count). The van der Waals surface area contributed by atoms with Gasteiger partial charge in [-0.15, -0.1) is 10.1 Å². The molecule has 29 valence electrons. The first-order valence-electron chi connectivity index (χ1n) is 0.565. The van der Waals surface area contributed by atoms with E-state index >= 15 is 0 Å². The molecule has 0 heterocycles. The molecule has 3 radical (unpaired) electrons. The smallest absolute Gasteiger partial charge is 0.291 e. The number of nitrogens with zero attached hydrogens (tertiary/aromatic N) is 1. The molecular formula is HNO3Sb. The summed E-state index contributed by atoms with van der Waals surface area (Å²) in [6, 6.07) is 0. The van der Waals surface area contributed by atoms with Crippen LogP contribution in [0.5, 0.6) is 0 Å². The van der Waals surface area contributed by atoms with E-state index in [4.69, 9.17) is 15.3 Å². The molecule has 0 bridgehead atoms. The first-order valence-corrected chi connectivity index (χ1v) is 0.565. The average Bonchev–Trinajstić information content (AvgIpc) is 0.811. The fraction of sp³-hybridized carbons (Fsp3) is 0. The van der Waals surface area contributed by atoms with Gasteiger partial charge >= 0.3 is 0 Å². The second-order valence-corrected chi connectivity index (χ2v) is 0.238. The Morgan fingerprint density at radius 2 is 1.80 bits per heavy atom. The van der Waals surface area contributed by atoms with Crippen LogP contribution in [0.2, 0.25) is 0 Å². The molecule has 0 aromatic heterocycles. The van der Waals surface area contributed by atoms with Crippen LogP contribution in [0.25, 0.3) is 0 Å². The van der Waals surface area contributed by atoms with Crippen LogP contribution < -0.4 is 0 Å². The standard InChI is InChI=1S/HNO3.Sb/c2-1(3)4;/h(H,2,3,4);. The van der Waals surface area contributed by atoms with Gasteiger partial charge in [-0.05, 0) is 0 Å². The van der Waals surface area contributed by atoms with E-state index in [1.165, 1.54) is 0 Å². The van der Waals surface area contributed by atoms with Crippen LogP contribution in [0.1, 0.15) is 0 Å². The van der Waals surface area contributed by atoms with E-state index in [9.17, 15) is 0 Å². The predicted octanol–water partition coefficient (Wildman–Crippen LogP) is -0.729. The van der Waals surface area contributed by atoms with E-state index in [1.54, 1.807) is 0 Å². The Balaban J connectivity index is 0. The minimum absolute atomic E-state index is 0. The van der Waals surface area contributed by atoms with Crippen molar-refractivity contribution in [3.05, 3.63) is 10.1 Å². The monoisotopic (exact) mass is 184 g/mol. The second-order valence-electron chi connectivity index (χ2n) is 0.238. The van der Waals surface area contributed by atoms with Gasteiger partial charge in [0.05, 0.1) is 0 Å². The Kier molecular flexibility index (Phi) is 7.15. The molecule has 0 unspecified atom stereocenters. The third kappa shape index (κ3) is 49500. The first kappa shape index (κ1) is 8.89. The molecule has 5 heteroatoms. The Bertz CT molecular complexity index is 29.9. The molecule has 0 fully saturated rings. The Labute approximate surface area is 45.3 Å². The molecule has 1 N–H and O–H groups in total. The molecular weight excluding hydrogens is 184 g/mol. The molecule has 0 atom stereocenters. The maximum Gasteiger partial charge on any atom is 0.291 e. The maximum absolute atomic E-state index is 8.36. The molecule has 0 aliphatic heterocycles. The van der Waals surface area contributed by atoms with E-state index in [1.807, 2.05) is 0 Å². The second kappa shape index (κ2) is 4.02. The summed E-state index contributed by atoms with van der Waals surface area (Å²) < 4.78 is 0. The topological polar surface area (TPSA) is 63.4 Å². The Morgan fingerprint density at radius 3 is 1.80 bits per heavy atom. The quantitative estimate of drug-likeness (QED) is 0.307. The molecule has 0 aliphatic carbocycles. The van der Waals surface area contributed by atoms with E-state index < -0.39 is 5.09 Å². The van der Waals surface area contributed by atoms with Crippen LogP contribution in [-0.4, -0.2) is 34.7 Å². The normalized spacial score (nSPS) is 4.80. The fourth-order valence-corrected chi connectivity index (χ4v) is 0. The predicted molar refractivity (Wildman–Crippen MR) is 14.5 cm³/mol. The first-order chi connectivity index (χ1) is 1.73. The summed E-state index contributed by atoms with van der Waals surface area (Å²) in [6.07, 6.45) is 0. The van der Waals surface area contributed by atoms with Crippen LogP contribution in [-0.2, 0) is 0 Å².